The lowest BCUT2D eigenvalue weighted by Crippen LogP contribution is -2.41. The number of hydrogen-bond acceptors (Lipinski definition) is 2. The lowest BCUT2D eigenvalue weighted by atomic mass is 9.81. The molecule has 0 fully saturated rings. The molecular weight excluding hydrogens is 381 g/mol. The Balaban J connectivity index is 2.10. The molecule has 0 aromatic heterocycles. The Hall–Kier alpha value is -3.12. The minimum atomic E-state index is -4.97. The normalized spacial score (nSPS) is 18.6. The first-order valence-corrected chi connectivity index (χ1v) is 9.11. The molecule has 0 saturated heterocycles. The highest BCUT2D eigenvalue weighted by molar-refractivity contribution is 5.95. The van der Waals surface area contributed by atoms with Crippen molar-refractivity contribution in [2.45, 2.75) is 44.4 Å². The monoisotopic (exact) mass is 402 g/mol. The molecule has 0 spiro atoms. The van der Waals surface area contributed by atoms with Crippen LogP contribution in [0.25, 0.3) is 5.53 Å². The first-order chi connectivity index (χ1) is 13.6. The highest BCUT2D eigenvalue weighted by Gasteiger charge is 2.46. The van der Waals surface area contributed by atoms with E-state index < -0.39 is 18.1 Å². The number of anilines is 2. The Morgan fingerprint density at radius 1 is 1.24 bits per heavy atom. The second-order valence-corrected chi connectivity index (χ2v) is 7.61. The van der Waals surface area contributed by atoms with Crippen molar-refractivity contribution in [1.29, 1.82) is 0 Å². The van der Waals surface area contributed by atoms with Crippen molar-refractivity contribution in [1.82, 2.24) is 0 Å². The summed E-state index contributed by atoms with van der Waals surface area (Å²) in [7, 11) is 0. The Morgan fingerprint density at radius 3 is 2.48 bits per heavy atom. The number of benzene rings is 2. The Bertz CT molecular complexity index is 966. The predicted molar refractivity (Wildman–Crippen MR) is 105 cm³/mol. The fourth-order valence-corrected chi connectivity index (χ4v) is 3.77. The molecule has 5 nitrogen and oxygen atoms in total. The maximum atomic E-state index is 12.7. The van der Waals surface area contributed by atoms with Gasteiger partial charge in [0.15, 0.2) is 0 Å². The molecule has 8 heteroatoms. The van der Waals surface area contributed by atoms with E-state index in [1.165, 1.54) is 18.3 Å². The molecule has 0 saturated carbocycles. The summed E-state index contributed by atoms with van der Waals surface area (Å²) in [5.41, 5.74) is 11.5. The summed E-state index contributed by atoms with van der Waals surface area (Å²) >= 11 is 0. The molecule has 3 rings (SSSR count). The van der Waals surface area contributed by atoms with Gasteiger partial charge in [-0.25, -0.2) is 0 Å². The molecule has 1 heterocycles. The average molecular weight is 402 g/mol. The highest BCUT2D eigenvalue weighted by Crippen LogP contribution is 2.49. The maximum Gasteiger partial charge on any atom is 0.471 e. The summed E-state index contributed by atoms with van der Waals surface area (Å²) in [6.07, 6.45) is -3.58. The lowest BCUT2D eigenvalue weighted by Gasteiger charge is -2.34. The minimum Gasteiger partial charge on any atom is -0.362 e. The second-order valence-electron chi connectivity index (χ2n) is 7.61. The molecule has 2 aromatic rings. The molecule has 1 aliphatic heterocycles. The molecule has 29 heavy (non-hydrogen) atoms. The number of carbonyl (C=O) groups excluding carboxylic acids is 1. The van der Waals surface area contributed by atoms with Crippen LogP contribution >= 0.6 is 0 Å². The van der Waals surface area contributed by atoms with Crippen LogP contribution in [0.2, 0.25) is 0 Å². The number of alkyl halides is 3. The van der Waals surface area contributed by atoms with Gasteiger partial charge in [0.05, 0.1) is 0 Å². The van der Waals surface area contributed by atoms with Gasteiger partial charge in [-0.1, -0.05) is 50.2 Å². The van der Waals surface area contributed by atoms with E-state index in [1.807, 2.05) is 61.3 Å². The number of fused-ring (bicyclic) bond motifs is 1. The average Bonchev–Trinajstić information content (AvgIpc) is 2.86. The van der Waals surface area contributed by atoms with Gasteiger partial charge >= 0.3 is 12.1 Å². The SMILES string of the molecule is CC1N(C(C=[N+]=[N-])c2ccccc2)c2cc(NC(=O)C(F)(F)F)ccc2C1(C)C. The van der Waals surface area contributed by atoms with E-state index in [4.69, 9.17) is 0 Å². The standard InChI is InChI=1S/C21H21F3N4O/c1-13-20(2,3)16-10-9-15(27-19(29)21(22,23)24)11-17(16)28(13)18(12-26-25)14-7-5-4-6-8-14/h4-13,18H,1-3H3,(H,27,29). The molecule has 1 amide bonds. The summed E-state index contributed by atoms with van der Waals surface area (Å²) in [5, 5.41) is 1.91. The van der Waals surface area contributed by atoms with Gasteiger partial charge in [-0.2, -0.15) is 18.0 Å². The first kappa shape index (κ1) is 20.6. The van der Waals surface area contributed by atoms with Crippen molar-refractivity contribution in [3.05, 3.63) is 65.2 Å². The Kier molecular flexibility index (Phi) is 5.24. The fourth-order valence-electron chi connectivity index (χ4n) is 3.77. The van der Waals surface area contributed by atoms with Crippen LogP contribution < -0.4 is 10.2 Å². The molecule has 0 radical (unpaired) electrons. The van der Waals surface area contributed by atoms with Crippen molar-refractivity contribution in [3.8, 4) is 0 Å². The van der Waals surface area contributed by atoms with Crippen molar-refractivity contribution < 1.29 is 22.8 Å². The van der Waals surface area contributed by atoms with E-state index in [0.29, 0.717) is 5.69 Å². The van der Waals surface area contributed by atoms with Crippen molar-refractivity contribution in [2.75, 3.05) is 10.2 Å². The second kappa shape index (κ2) is 7.37. The van der Waals surface area contributed by atoms with Crippen LogP contribution in [0.3, 0.4) is 0 Å². The van der Waals surface area contributed by atoms with Crippen LogP contribution in [-0.4, -0.2) is 29.1 Å². The van der Waals surface area contributed by atoms with E-state index in [2.05, 4.69) is 4.79 Å². The summed E-state index contributed by atoms with van der Waals surface area (Å²) in [5.74, 6) is -2.02. The van der Waals surface area contributed by atoms with Gasteiger partial charge in [0.1, 0.15) is 6.04 Å². The van der Waals surface area contributed by atoms with E-state index >= 15 is 0 Å². The molecule has 1 N–H and O–H groups in total. The number of amides is 1. The smallest absolute Gasteiger partial charge is 0.362 e. The topological polar surface area (TPSA) is 68.7 Å². The zero-order valence-corrected chi connectivity index (χ0v) is 16.2. The summed E-state index contributed by atoms with van der Waals surface area (Å²) in [6.45, 7) is 6.10. The van der Waals surface area contributed by atoms with E-state index in [-0.39, 0.29) is 17.1 Å². The molecule has 0 bridgehead atoms. The van der Waals surface area contributed by atoms with Gasteiger partial charge in [0.2, 0.25) is 0 Å². The molecular formula is C21H21F3N4O. The third-order valence-corrected chi connectivity index (χ3v) is 5.60. The Morgan fingerprint density at radius 2 is 1.90 bits per heavy atom. The predicted octanol–water partition coefficient (Wildman–Crippen LogP) is 4.72. The van der Waals surface area contributed by atoms with Gasteiger partial charge in [-0.3, -0.25) is 4.79 Å². The van der Waals surface area contributed by atoms with Gasteiger partial charge in [-0.05, 0) is 30.2 Å². The number of halogens is 3. The lowest BCUT2D eigenvalue weighted by molar-refractivity contribution is -0.167. The summed E-state index contributed by atoms with van der Waals surface area (Å²) < 4.78 is 38.0. The number of hydrogen-bond donors (Lipinski definition) is 1. The zero-order chi connectivity index (χ0) is 21.4. The van der Waals surface area contributed by atoms with Crippen LogP contribution in [0, 0.1) is 0 Å². The van der Waals surface area contributed by atoms with Crippen molar-refractivity contribution >= 4 is 23.5 Å². The van der Waals surface area contributed by atoms with Crippen LogP contribution in [-0.2, 0) is 10.2 Å². The first-order valence-electron chi connectivity index (χ1n) is 9.11. The minimum absolute atomic E-state index is 0.0497. The molecule has 2 unspecified atom stereocenters. The third kappa shape index (κ3) is 3.76. The van der Waals surface area contributed by atoms with Crippen LogP contribution in [0.4, 0.5) is 24.5 Å². The van der Waals surface area contributed by atoms with Crippen molar-refractivity contribution in [3.63, 3.8) is 0 Å². The molecule has 0 aliphatic carbocycles. The van der Waals surface area contributed by atoms with Gasteiger partial charge < -0.3 is 15.7 Å². The summed E-state index contributed by atoms with van der Waals surface area (Å²) in [4.78, 5) is 16.6. The van der Waals surface area contributed by atoms with Gasteiger partial charge in [0.25, 0.3) is 6.21 Å². The quantitative estimate of drug-likeness (QED) is 0.457. The number of nitrogens with one attached hydrogen (secondary N) is 1. The molecule has 2 aromatic carbocycles. The van der Waals surface area contributed by atoms with Crippen LogP contribution in [0.15, 0.2) is 48.5 Å². The number of nitrogens with zero attached hydrogens (tertiary/aromatic N) is 3. The van der Waals surface area contributed by atoms with Crippen LogP contribution in [0.1, 0.15) is 37.9 Å². The fraction of sp³-hybridized carbons (Fsp3) is 0.333. The van der Waals surface area contributed by atoms with Crippen LogP contribution in [0.5, 0.6) is 0 Å². The maximum absolute atomic E-state index is 12.7. The van der Waals surface area contributed by atoms with Gasteiger partial charge in [-0.15, -0.1) is 0 Å². The third-order valence-electron chi connectivity index (χ3n) is 5.60. The summed E-state index contributed by atoms with van der Waals surface area (Å²) in [6, 6.07) is 13.6. The van der Waals surface area contributed by atoms with E-state index in [9.17, 15) is 23.5 Å². The Labute approximate surface area is 166 Å². The largest absolute Gasteiger partial charge is 0.471 e. The number of carbonyl (C=O) groups is 1. The molecule has 2 atom stereocenters. The molecule has 1 aliphatic rings. The molecule has 152 valence electrons. The van der Waals surface area contributed by atoms with Gasteiger partial charge in [0, 0.05) is 22.8 Å². The zero-order valence-electron chi connectivity index (χ0n) is 16.2. The van der Waals surface area contributed by atoms with E-state index in [0.717, 1.165) is 11.1 Å². The number of rotatable bonds is 4. The van der Waals surface area contributed by atoms with Crippen molar-refractivity contribution in [2.24, 2.45) is 0 Å². The van der Waals surface area contributed by atoms with E-state index in [1.54, 1.807) is 6.07 Å². The highest BCUT2D eigenvalue weighted by atomic mass is 19.4.